The number of hydrogen-bond donors (Lipinski definition) is 1. The Kier molecular flexibility index (Phi) is 4.44. The maximum absolute atomic E-state index is 10.4. The van der Waals surface area contributed by atoms with Gasteiger partial charge in [-0.15, -0.1) is 6.58 Å². The number of allylic oxidation sites excluding steroid dienone is 1. The molecule has 0 saturated carbocycles. The van der Waals surface area contributed by atoms with Crippen LogP contribution >= 0.6 is 0 Å². The van der Waals surface area contributed by atoms with Crippen LogP contribution in [0.1, 0.15) is 22.8 Å². The summed E-state index contributed by atoms with van der Waals surface area (Å²) in [6, 6.07) is 9.73. The van der Waals surface area contributed by atoms with E-state index in [0.29, 0.717) is 24.5 Å². The second kappa shape index (κ2) is 6.91. The zero-order valence-corrected chi connectivity index (χ0v) is 15.5. The van der Waals surface area contributed by atoms with E-state index in [1.807, 2.05) is 30.3 Å². The number of furan rings is 1. The zero-order chi connectivity index (χ0) is 19.0. The van der Waals surface area contributed by atoms with Crippen LogP contribution in [0.25, 0.3) is 11.0 Å². The smallest absolute Gasteiger partial charge is 0.201 e. The van der Waals surface area contributed by atoms with Gasteiger partial charge in [0, 0.05) is 17.9 Å². The van der Waals surface area contributed by atoms with Crippen LogP contribution in [0.4, 0.5) is 0 Å². The van der Waals surface area contributed by atoms with Crippen molar-refractivity contribution in [3.63, 3.8) is 0 Å². The van der Waals surface area contributed by atoms with Gasteiger partial charge in [-0.3, -0.25) is 0 Å². The molecule has 0 saturated heterocycles. The van der Waals surface area contributed by atoms with E-state index in [9.17, 15) is 5.11 Å². The highest BCUT2D eigenvalue weighted by atomic mass is 16.5. The Labute approximate surface area is 157 Å². The summed E-state index contributed by atoms with van der Waals surface area (Å²) in [5.41, 5.74) is 2.84. The monoisotopic (exact) mass is 366 g/mol. The number of ether oxygens (including phenoxy) is 3. The standard InChI is InChI=1S/C22H22O5/c1-4-5-15-11-17-18(27-15)8-6-13-10-14(12-26-21(13)17)16-7-9-19(24-2)20(23)22(16)25-3/h4,6-9,11,14,23H,1,5,10,12H2,2-3H3. The molecular weight excluding hydrogens is 344 g/mol. The van der Waals surface area contributed by atoms with Gasteiger partial charge < -0.3 is 23.7 Å². The van der Waals surface area contributed by atoms with Crippen LogP contribution in [0.3, 0.4) is 0 Å². The predicted octanol–water partition coefficient (Wildman–Crippen LogP) is 4.60. The van der Waals surface area contributed by atoms with Gasteiger partial charge in [0.15, 0.2) is 11.5 Å². The number of aromatic hydroxyl groups is 1. The molecule has 3 aromatic rings. The van der Waals surface area contributed by atoms with Crippen LogP contribution in [0.5, 0.6) is 23.0 Å². The third kappa shape index (κ3) is 2.89. The van der Waals surface area contributed by atoms with E-state index in [1.54, 1.807) is 13.2 Å². The van der Waals surface area contributed by atoms with Gasteiger partial charge in [0.05, 0.1) is 26.2 Å². The molecule has 1 aliphatic heterocycles. The summed E-state index contributed by atoms with van der Waals surface area (Å²) in [6.45, 7) is 4.26. The number of hydrogen-bond acceptors (Lipinski definition) is 5. The predicted molar refractivity (Wildman–Crippen MR) is 103 cm³/mol. The first-order valence-corrected chi connectivity index (χ1v) is 8.88. The summed E-state index contributed by atoms with van der Waals surface area (Å²) < 4.78 is 22.6. The molecule has 140 valence electrons. The van der Waals surface area contributed by atoms with Crippen LogP contribution in [-0.4, -0.2) is 25.9 Å². The lowest BCUT2D eigenvalue weighted by atomic mass is 9.89. The second-order valence-electron chi connectivity index (χ2n) is 6.62. The molecule has 2 heterocycles. The minimum absolute atomic E-state index is 0.0163. The van der Waals surface area contributed by atoms with Gasteiger partial charge in [-0.1, -0.05) is 18.2 Å². The number of rotatable bonds is 5. The van der Waals surface area contributed by atoms with Crippen molar-refractivity contribution in [1.82, 2.24) is 0 Å². The Morgan fingerprint density at radius 1 is 1.22 bits per heavy atom. The minimum atomic E-state index is 0.0163. The third-order valence-corrected chi connectivity index (χ3v) is 5.01. The van der Waals surface area contributed by atoms with Crippen molar-refractivity contribution in [3.8, 4) is 23.0 Å². The number of phenols is 1. The zero-order valence-electron chi connectivity index (χ0n) is 15.5. The van der Waals surface area contributed by atoms with Gasteiger partial charge >= 0.3 is 0 Å². The molecule has 1 N–H and O–H groups in total. The molecule has 2 aromatic carbocycles. The topological polar surface area (TPSA) is 61.1 Å². The first-order valence-electron chi connectivity index (χ1n) is 8.88. The summed E-state index contributed by atoms with van der Waals surface area (Å²) in [7, 11) is 3.07. The van der Waals surface area contributed by atoms with Gasteiger partial charge in [-0.05, 0) is 30.2 Å². The molecule has 0 bridgehead atoms. The van der Waals surface area contributed by atoms with E-state index >= 15 is 0 Å². The first-order chi connectivity index (χ1) is 13.2. The quantitative estimate of drug-likeness (QED) is 0.669. The molecule has 0 aliphatic carbocycles. The Bertz CT molecular complexity index is 1000. The van der Waals surface area contributed by atoms with E-state index < -0.39 is 0 Å². The second-order valence-corrected chi connectivity index (χ2v) is 6.62. The van der Waals surface area contributed by atoms with Crippen molar-refractivity contribution in [3.05, 3.63) is 59.9 Å². The summed E-state index contributed by atoms with van der Waals surface area (Å²) >= 11 is 0. The molecule has 1 aliphatic rings. The molecule has 1 unspecified atom stereocenters. The molecular formula is C22H22O5. The van der Waals surface area contributed by atoms with Crippen molar-refractivity contribution < 1.29 is 23.7 Å². The van der Waals surface area contributed by atoms with Crippen LogP contribution in [0.15, 0.2) is 47.4 Å². The maximum Gasteiger partial charge on any atom is 0.201 e. The Balaban J connectivity index is 1.70. The van der Waals surface area contributed by atoms with E-state index in [-0.39, 0.29) is 11.7 Å². The number of benzene rings is 2. The minimum Gasteiger partial charge on any atom is -0.502 e. The summed E-state index contributed by atoms with van der Waals surface area (Å²) in [5.74, 6) is 2.66. The van der Waals surface area contributed by atoms with Gasteiger partial charge in [0.25, 0.3) is 0 Å². The molecule has 1 atom stereocenters. The van der Waals surface area contributed by atoms with Crippen LogP contribution in [0, 0.1) is 0 Å². The highest BCUT2D eigenvalue weighted by Gasteiger charge is 2.28. The molecule has 0 amide bonds. The molecule has 0 spiro atoms. The fraction of sp³-hybridized carbons (Fsp3) is 0.273. The Morgan fingerprint density at radius 3 is 2.81 bits per heavy atom. The van der Waals surface area contributed by atoms with Crippen LogP contribution in [-0.2, 0) is 12.8 Å². The van der Waals surface area contributed by atoms with Gasteiger partial charge in [0.1, 0.15) is 17.1 Å². The lowest BCUT2D eigenvalue weighted by Gasteiger charge is -2.27. The fourth-order valence-electron chi connectivity index (χ4n) is 3.74. The summed E-state index contributed by atoms with van der Waals surface area (Å²) in [4.78, 5) is 0. The Hall–Kier alpha value is -3.08. The van der Waals surface area contributed by atoms with Gasteiger partial charge in [0.2, 0.25) is 5.75 Å². The lowest BCUT2D eigenvalue weighted by Crippen LogP contribution is -2.20. The molecule has 1 aromatic heterocycles. The molecule has 5 nitrogen and oxygen atoms in total. The number of phenolic OH excluding ortho intramolecular Hbond substituents is 1. The van der Waals surface area contributed by atoms with Crippen LogP contribution < -0.4 is 14.2 Å². The van der Waals surface area contributed by atoms with Crippen LogP contribution in [0.2, 0.25) is 0 Å². The highest BCUT2D eigenvalue weighted by Crippen LogP contribution is 2.45. The maximum atomic E-state index is 10.4. The van der Waals surface area contributed by atoms with Crippen molar-refractivity contribution in [1.29, 1.82) is 0 Å². The number of fused-ring (bicyclic) bond motifs is 3. The molecule has 0 fully saturated rings. The summed E-state index contributed by atoms with van der Waals surface area (Å²) in [6.07, 6.45) is 3.30. The first kappa shape index (κ1) is 17.3. The normalized spacial score (nSPS) is 15.9. The molecule has 27 heavy (non-hydrogen) atoms. The van der Waals surface area contributed by atoms with E-state index in [0.717, 1.165) is 40.0 Å². The fourth-order valence-corrected chi connectivity index (χ4v) is 3.74. The molecule has 4 rings (SSSR count). The molecule has 5 heteroatoms. The van der Waals surface area contributed by atoms with E-state index in [2.05, 4.69) is 6.58 Å². The average Bonchev–Trinajstić information content (AvgIpc) is 3.10. The highest BCUT2D eigenvalue weighted by molar-refractivity contribution is 5.86. The third-order valence-electron chi connectivity index (χ3n) is 5.01. The van der Waals surface area contributed by atoms with Crippen molar-refractivity contribution in [2.24, 2.45) is 0 Å². The summed E-state index contributed by atoms with van der Waals surface area (Å²) in [5, 5.41) is 11.4. The lowest BCUT2D eigenvalue weighted by molar-refractivity contribution is 0.260. The Morgan fingerprint density at radius 2 is 2.07 bits per heavy atom. The van der Waals surface area contributed by atoms with E-state index in [4.69, 9.17) is 18.6 Å². The van der Waals surface area contributed by atoms with Gasteiger partial charge in [-0.25, -0.2) is 0 Å². The average molecular weight is 366 g/mol. The van der Waals surface area contributed by atoms with E-state index in [1.165, 1.54) is 7.11 Å². The molecule has 0 radical (unpaired) electrons. The van der Waals surface area contributed by atoms with Gasteiger partial charge in [-0.2, -0.15) is 0 Å². The van der Waals surface area contributed by atoms with Crippen molar-refractivity contribution in [2.75, 3.05) is 20.8 Å². The largest absolute Gasteiger partial charge is 0.502 e. The van der Waals surface area contributed by atoms with Crippen molar-refractivity contribution in [2.45, 2.75) is 18.8 Å². The number of methoxy groups -OCH3 is 2. The van der Waals surface area contributed by atoms with Crippen molar-refractivity contribution >= 4 is 11.0 Å². The SMILES string of the molecule is C=CCc1cc2c3c(ccc2o1)CC(c1ccc(OC)c(O)c1OC)CO3.